The molecule has 3 heterocycles. The third-order valence-corrected chi connectivity index (χ3v) is 4.85. The molecule has 0 radical (unpaired) electrons. The van der Waals surface area contributed by atoms with Crippen LogP contribution in [0.15, 0.2) is 53.3 Å². The van der Waals surface area contributed by atoms with Gasteiger partial charge in [-0.15, -0.1) is 0 Å². The fraction of sp³-hybridized carbons (Fsp3) is 0.333. The van der Waals surface area contributed by atoms with E-state index in [4.69, 9.17) is 9.26 Å². The van der Waals surface area contributed by atoms with E-state index in [2.05, 4.69) is 15.1 Å². The van der Waals surface area contributed by atoms with Crippen LogP contribution in [0.5, 0.6) is 0 Å². The van der Waals surface area contributed by atoms with Gasteiger partial charge in [0.2, 0.25) is 5.89 Å². The molecule has 1 aliphatic heterocycles. The van der Waals surface area contributed by atoms with E-state index in [9.17, 15) is 4.79 Å². The Labute approximate surface area is 163 Å². The molecule has 1 aliphatic rings. The van der Waals surface area contributed by atoms with Gasteiger partial charge in [0.05, 0.1) is 24.7 Å². The molecule has 7 heteroatoms. The summed E-state index contributed by atoms with van der Waals surface area (Å²) in [6, 6.07) is 11.9. The Bertz CT molecular complexity index is 936. The summed E-state index contributed by atoms with van der Waals surface area (Å²) in [6.45, 7) is 4.18. The zero-order chi connectivity index (χ0) is 19.3. The smallest absolute Gasteiger partial charge is 0.255 e. The van der Waals surface area contributed by atoms with Gasteiger partial charge in [-0.25, -0.2) is 0 Å². The SMILES string of the molecule is Cc1ccncc1C(=O)N1CC(c2nc(CCOCc3ccccc3)no2)C1. The van der Waals surface area contributed by atoms with Crippen LogP contribution in [-0.4, -0.2) is 45.6 Å². The van der Waals surface area contributed by atoms with E-state index in [1.165, 1.54) is 0 Å². The van der Waals surface area contributed by atoms with Crippen LogP contribution < -0.4 is 0 Å². The molecule has 144 valence electrons. The first-order chi connectivity index (χ1) is 13.7. The van der Waals surface area contributed by atoms with Crippen molar-refractivity contribution in [2.75, 3.05) is 19.7 Å². The molecule has 0 atom stereocenters. The van der Waals surface area contributed by atoms with Gasteiger partial charge in [0.15, 0.2) is 5.82 Å². The van der Waals surface area contributed by atoms with E-state index in [-0.39, 0.29) is 11.8 Å². The van der Waals surface area contributed by atoms with Crippen LogP contribution >= 0.6 is 0 Å². The summed E-state index contributed by atoms with van der Waals surface area (Å²) < 4.78 is 11.0. The fourth-order valence-corrected chi connectivity index (χ4v) is 3.12. The summed E-state index contributed by atoms with van der Waals surface area (Å²) in [5.41, 5.74) is 2.71. The van der Waals surface area contributed by atoms with Crippen molar-refractivity contribution in [1.29, 1.82) is 0 Å². The Morgan fingerprint density at radius 3 is 2.86 bits per heavy atom. The molecule has 7 nitrogen and oxygen atoms in total. The molecule has 2 aromatic heterocycles. The number of likely N-dealkylation sites (tertiary alicyclic amines) is 1. The van der Waals surface area contributed by atoms with Crippen LogP contribution in [-0.2, 0) is 17.8 Å². The predicted molar refractivity (Wildman–Crippen MR) is 102 cm³/mol. The first-order valence-corrected chi connectivity index (χ1v) is 9.35. The minimum atomic E-state index is -0.00380. The molecule has 28 heavy (non-hydrogen) atoms. The summed E-state index contributed by atoms with van der Waals surface area (Å²) in [6.07, 6.45) is 3.90. The van der Waals surface area contributed by atoms with Gasteiger partial charge in [-0.1, -0.05) is 35.5 Å². The largest absolute Gasteiger partial charge is 0.376 e. The van der Waals surface area contributed by atoms with Crippen molar-refractivity contribution in [1.82, 2.24) is 20.0 Å². The average Bonchev–Trinajstić information content (AvgIpc) is 3.13. The molecule has 1 saturated heterocycles. The fourth-order valence-electron chi connectivity index (χ4n) is 3.12. The molecule has 1 amide bonds. The molecule has 0 saturated carbocycles. The van der Waals surface area contributed by atoms with Gasteiger partial charge in [0.25, 0.3) is 5.91 Å². The number of nitrogens with zero attached hydrogens (tertiary/aromatic N) is 4. The van der Waals surface area contributed by atoms with Crippen molar-refractivity contribution < 1.29 is 14.1 Å². The molecule has 0 bridgehead atoms. The normalized spacial score (nSPS) is 14.1. The minimum Gasteiger partial charge on any atom is -0.376 e. The van der Waals surface area contributed by atoms with E-state index >= 15 is 0 Å². The van der Waals surface area contributed by atoms with Crippen LogP contribution in [0.3, 0.4) is 0 Å². The highest BCUT2D eigenvalue weighted by atomic mass is 16.5. The van der Waals surface area contributed by atoms with Crippen molar-refractivity contribution in [2.24, 2.45) is 0 Å². The van der Waals surface area contributed by atoms with Gasteiger partial charge >= 0.3 is 0 Å². The highest BCUT2D eigenvalue weighted by molar-refractivity contribution is 5.95. The lowest BCUT2D eigenvalue weighted by Crippen LogP contribution is -2.48. The molecule has 0 N–H and O–H groups in total. The van der Waals surface area contributed by atoms with Gasteiger partial charge in [-0.3, -0.25) is 9.78 Å². The monoisotopic (exact) mass is 378 g/mol. The van der Waals surface area contributed by atoms with Crippen LogP contribution in [0.2, 0.25) is 0 Å². The molecular weight excluding hydrogens is 356 g/mol. The summed E-state index contributed by atoms with van der Waals surface area (Å²) >= 11 is 0. The Morgan fingerprint density at radius 2 is 2.07 bits per heavy atom. The van der Waals surface area contributed by atoms with Crippen molar-refractivity contribution in [3.8, 4) is 0 Å². The lowest BCUT2D eigenvalue weighted by Gasteiger charge is -2.37. The number of pyridine rings is 1. The first kappa shape index (κ1) is 18.3. The quantitative estimate of drug-likeness (QED) is 0.588. The zero-order valence-corrected chi connectivity index (χ0v) is 15.7. The second-order valence-corrected chi connectivity index (χ2v) is 6.93. The van der Waals surface area contributed by atoms with Gasteiger partial charge in [-0.2, -0.15) is 4.98 Å². The van der Waals surface area contributed by atoms with Gasteiger partial charge in [0, 0.05) is 31.9 Å². The molecular formula is C21H22N4O3. The number of carbonyl (C=O) groups is 1. The third-order valence-electron chi connectivity index (χ3n) is 4.85. The van der Waals surface area contributed by atoms with Crippen LogP contribution in [0, 0.1) is 6.92 Å². The Morgan fingerprint density at radius 1 is 1.25 bits per heavy atom. The molecule has 0 unspecified atom stereocenters. The Kier molecular flexibility index (Phi) is 5.43. The highest BCUT2D eigenvalue weighted by Crippen LogP contribution is 2.27. The Balaban J connectivity index is 1.23. The highest BCUT2D eigenvalue weighted by Gasteiger charge is 2.36. The minimum absolute atomic E-state index is 0.00380. The maximum atomic E-state index is 12.5. The molecule has 1 fully saturated rings. The average molecular weight is 378 g/mol. The zero-order valence-electron chi connectivity index (χ0n) is 15.7. The number of ether oxygens (including phenoxy) is 1. The third kappa shape index (κ3) is 4.09. The van der Waals surface area contributed by atoms with E-state index in [1.807, 2.05) is 43.3 Å². The number of carbonyl (C=O) groups excluding carboxylic acids is 1. The number of aryl methyl sites for hydroxylation is 1. The van der Waals surface area contributed by atoms with Gasteiger partial charge in [-0.05, 0) is 24.1 Å². The van der Waals surface area contributed by atoms with Crippen LogP contribution in [0.1, 0.15) is 39.1 Å². The molecule has 1 aromatic carbocycles. The van der Waals surface area contributed by atoms with E-state index in [1.54, 1.807) is 17.3 Å². The second-order valence-electron chi connectivity index (χ2n) is 6.93. The molecule has 0 aliphatic carbocycles. The maximum absolute atomic E-state index is 12.5. The lowest BCUT2D eigenvalue weighted by atomic mass is 9.98. The maximum Gasteiger partial charge on any atom is 0.255 e. The lowest BCUT2D eigenvalue weighted by molar-refractivity contribution is 0.0568. The Hall–Kier alpha value is -3.06. The van der Waals surface area contributed by atoms with Crippen LogP contribution in [0.4, 0.5) is 0 Å². The summed E-state index contributed by atoms with van der Waals surface area (Å²) in [5.74, 6) is 1.31. The number of rotatable bonds is 7. The number of hydrogen-bond donors (Lipinski definition) is 0. The number of aromatic nitrogens is 3. The second kappa shape index (κ2) is 8.31. The van der Waals surface area contributed by atoms with Crippen molar-refractivity contribution >= 4 is 5.91 Å². The van der Waals surface area contributed by atoms with Gasteiger partial charge < -0.3 is 14.2 Å². The summed E-state index contributed by atoms with van der Waals surface area (Å²) in [4.78, 5) is 22.8. The molecule has 3 aromatic rings. The summed E-state index contributed by atoms with van der Waals surface area (Å²) in [7, 11) is 0. The van der Waals surface area contributed by atoms with Crippen molar-refractivity contribution in [3.63, 3.8) is 0 Å². The topological polar surface area (TPSA) is 81.4 Å². The van der Waals surface area contributed by atoms with E-state index in [0.29, 0.717) is 50.0 Å². The van der Waals surface area contributed by atoms with E-state index in [0.717, 1.165) is 11.1 Å². The predicted octanol–water partition coefficient (Wildman–Crippen LogP) is 2.77. The van der Waals surface area contributed by atoms with Crippen LogP contribution in [0.25, 0.3) is 0 Å². The van der Waals surface area contributed by atoms with E-state index < -0.39 is 0 Å². The van der Waals surface area contributed by atoms with Crippen molar-refractivity contribution in [2.45, 2.75) is 25.9 Å². The first-order valence-electron chi connectivity index (χ1n) is 9.35. The number of amides is 1. The standard InChI is InChI=1S/C21H22N4O3/c1-15-7-9-22-11-18(15)21(26)25-12-17(13-25)20-23-19(24-28-20)8-10-27-14-16-5-3-2-4-6-16/h2-7,9,11,17H,8,10,12-14H2,1H3. The molecule has 4 rings (SSSR count). The molecule has 0 spiro atoms. The van der Waals surface area contributed by atoms with Gasteiger partial charge in [0.1, 0.15) is 0 Å². The number of benzene rings is 1. The summed E-state index contributed by atoms with van der Waals surface area (Å²) in [5, 5.41) is 4.03. The number of hydrogen-bond acceptors (Lipinski definition) is 6. The van der Waals surface area contributed by atoms with Crippen molar-refractivity contribution in [3.05, 3.63) is 77.2 Å².